The van der Waals surface area contributed by atoms with Crippen molar-refractivity contribution in [3.05, 3.63) is 33.8 Å². The number of aliphatic carboxylic acids is 1. The number of rotatable bonds is 3. The number of carboxylic acids is 1. The van der Waals surface area contributed by atoms with Crippen LogP contribution < -0.4 is 5.32 Å². The molecule has 4 nitrogen and oxygen atoms in total. The first kappa shape index (κ1) is 14.1. The van der Waals surface area contributed by atoms with Gasteiger partial charge in [0.2, 0.25) is 0 Å². The van der Waals surface area contributed by atoms with E-state index in [2.05, 4.69) is 21.2 Å². The number of nitrogens with one attached hydrogen (secondary N) is 1. The minimum atomic E-state index is -0.770. The van der Waals surface area contributed by atoms with Crippen molar-refractivity contribution in [3.8, 4) is 0 Å². The van der Waals surface area contributed by atoms with Gasteiger partial charge in [0.25, 0.3) is 5.91 Å². The lowest BCUT2D eigenvalue weighted by Gasteiger charge is -2.14. The Morgan fingerprint density at radius 2 is 2.11 bits per heavy atom. The second-order valence-electron chi connectivity index (χ2n) is 4.96. The van der Waals surface area contributed by atoms with E-state index in [0.717, 1.165) is 16.5 Å². The van der Waals surface area contributed by atoms with Gasteiger partial charge in [0.1, 0.15) is 0 Å². The zero-order valence-electron chi connectivity index (χ0n) is 10.6. The number of hydrogen-bond acceptors (Lipinski definition) is 2. The largest absolute Gasteiger partial charge is 0.481 e. The summed E-state index contributed by atoms with van der Waals surface area (Å²) in [7, 11) is 0. The van der Waals surface area contributed by atoms with Gasteiger partial charge in [0, 0.05) is 10.5 Å². The smallest absolute Gasteiger partial charge is 0.306 e. The van der Waals surface area contributed by atoms with E-state index in [1.165, 1.54) is 0 Å². The molecule has 0 saturated heterocycles. The lowest BCUT2D eigenvalue weighted by Crippen LogP contribution is -2.33. The number of carbonyl (C=O) groups is 2. The van der Waals surface area contributed by atoms with Crippen LogP contribution in [-0.2, 0) is 4.79 Å². The molecule has 2 atom stereocenters. The van der Waals surface area contributed by atoms with E-state index < -0.39 is 5.97 Å². The van der Waals surface area contributed by atoms with Crippen LogP contribution in [0, 0.1) is 12.8 Å². The van der Waals surface area contributed by atoms with Gasteiger partial charge in [0.05, 0.1) is 11.5 Å². The molecule has 1 amide bonds. The molecule has 102 valence electrons. The molecule has 2 unspecified atom stereocenters. The van der Waals surface area contributed by atoms with Crippen LogP contribution in [-0.4, -0.2) is 23.0 Å². The van der Waals surface area contributed by atoms with Crippen LogP contribution in [0.1, 0.15) is 35.2 Å². The molecule has 1 aromatic carbocycles. The summed E-state index contributed by atoms with van der Waals surface area (Å²) in [5.74, 6) is -1.24. The predicted octanol–water partition coefficient (Wildman–Crippen LogP) is 2.74. The third-order valence-corrected chi connectivity index (χ3v) is 4.61. The van der Waals surface area contributed by atoms with Gasteiger partial charge in [-0.2, -0.15) is 0 Å². The Labute approximate surface area is 120 Å². The second-order valence-corrected chi connectivity index (χ2v) is 5.75. The van der Waals surface area contributed by atoms with Gasteiger partial charge in [-0.05, 0) is 53.7 Å². The number of hydrogen-bond donors (Lipinski definition) is 2. The molecule has 0 radical (unpaired) electrons. The maximum Gasteiger partial charge on any atom is 0.306 e. The normalized spacial score (nSPS) is 22.2. The Balaban J connectivity index is 2.02. The van der Waals surface area contributed by atoms with Crippen LogP contribution in [0.2, 0.25) is 0 Å². The molecule has 1 fully saturated rings. The number of aryl methyl sites for hydroxylation is 1. The number of benzene rings is 1. The van der Waals surface area contributed by atoms with Gasteiger partial charge in [-0.3, -0.25) is 9.59 Å². The molecule has 0 spiro atoms. The average Bonchev–Trinajstić information content (AvgIpc) is 2.81. The highest BCUT2D eigenvalue weighted by molar-refractivity contribution is 9.10. The first-order valence-electron chi connectivity index (χ1n) is 6.28. The Bertz CT molecular complexity index is 515. The van der Waals surface area contributed by atoms with Crippen molar-refractivity contribution >= 4 is 27.8 Å². The van der Waals surface area contributed by atoms with Crippen molar-refractivity contribution in [1.82, 2.24) is 5.32 Å². The molecule has 1 saturated carbocycles. The fourth-order valence-electron chi connectivity index (χ4n) is 2.42. The fraction of sp³-hybridized carbons (Fsp3) is 0.429. The average molecular weight is 326 g/mol. The van der Waals surface area contributed by atoms with Gasteiger partial charge in [0.15, 0.2) is 0 Å². The van der Waals surface area contributed by atoms with Crippen LogP contribution in [0.3, 0.4) is 0 Å². The maximum absolute atomic E-state index is 12.2. The molecular formula is C14H16BrNO3. The maximum atomic E-state index is 12.2. The van der Waals surface area contributed by atoms with E-state index in [-0.39, 0.29) is 17.9 Å². The Morgan fingerprint density at radius 3 is 2.74 bits per heavy atom. The summed E-state index contributed by atoms with van der Waals surface area (Å²) in [5.41, 5.74) is 1.60. The molecule has 2 rings (SSSR count). The molecule has 0 bridgehead atoms. The number of amides is 1. The van der Waals surface area contributed by atoms with Gasteiger partial charge in [-0.15, -0.1) is 0 Å². The molecule has 0 aromatic heterocycles. The minimum absolute atomic E-state index is 0.0407. The summed E-state index contributed by atoms with van der Waals surface area (Å²) in [6.45, 7) is 1.93. The zero-order valence-corrected chi connectivity index (χ0v) is 12.2. The first-order valence-corrected chi connectivity index (χ1v) is 7.07. The monoisotopic (exact) mass is 325 g/mol. The Morgan fingerprint density at radius 1 is 1.37 bits per heavy atom. The molecular weight excluding hydrogens is 310 g/mol. The molecule has 0 heterocycles. The molecule has 1 aliphatic rings. The second kappa shape index (κ2) is 5.74. The number of halogens is 1. The van der Waals surface area contributed by atoms with E-state index in [1.807, 2.05) is 19.1 Å². The van der Waals surface area contributed by atoms with E-state index >= 15 is 0 Å². The Hall–Kier alpha value is -1.36. The summed E-state index contributed by atoms with van der Waals surface area (Å²) >= 11 is 3.41. The van der Waals surface area contributed by atoms with E-state index in [1.54, 1.807) is 6.07 Å². The molecule has 19 heavy (non-hydrogen) atoms. The lowest BCUT2D eigenvalue weighted by atomic mass is 10.1. The molecule has 5 heteroatoms. The highest BCUT2D eigenvalue weighted by atomic mass is 79.9. The third kappa shape index (κ3) is 3.15. The number of carboxylic acid groups (broad SMARTS) is 1. The van der Waals surface area contributed by atoms with Crippen LogP contribution in [0.4, 0.5) is 0 Å². The van der Waals surface area contributed by atoms with E-state index in [0.29, 0.717) is 18.4 Å². The molecule has 1 aromatic rings. The Kier molecular flexibility index (Phi) is 4.24. The van der Waals surface area contributed by atoms with Crippen molar-refractivity contribution < 1.29 is 14.7 Å². The predicted molar refractivity (Wildman–Crippen MR) is 75.1 cm³/mol. The van der Waals surface area contributed by atoms with Gasteiger partial charge < -0.3 is 10.4 Å². The summed E-state index contributed by atoms with van der Waals surface area (Å²) in [6, 6.07) is 5.48. The molecule has 2 N–H and O–H groups in total. The summed E-state index contributed by atoms with van der Waals surface area (Å²) in [5, 5.41) is 11.9. The van der Waals surface area contributed by atoms with Crippen molar-refractivity contribution in [2.45, 2.75) is 32.2 Å². The van der Waals surface area contributed by atoms with E-state index in [4.69, 9.17) is 5.11 Å². The third-order valence-electron chi connectivity index (χ3n) is 3.55. The molecule has 0 aliphatic heterocycles. The van der Waals surface area contributed by atoms with Crippen LogP contribution in [0.5, 0.6) is 0 Å². The van der Waals surface area contributed by atoms with Gasteiger partial charge in [-0.1, -0.05) is 12.1 Å². The highest BCUT2D eigenvalue weighted by Crippen LogP contribution is 2.27. The lowest BCUT2D eigenvalue weighted by molar-refractivity contribution is -0.141. The minimum Gasteiger partial charge on any atom is -0.481 e. The standard InChI is InChI=1S/C14H16BrNO3/c1-8-3-2-4-11(12(8)15)13(17)16-10-6-5-9(7-10)14(18)19/h2-4,9-10H,5-7H2,1H3,(H,16,17)(H,18,19). The summed E-state index contributed by atoms with van der Waals surface area (Å²) < 4.78 is 0.792. The topological polar surface area (TPSA) is 66.4 Å². The quantitative estimate of drug-likeness (QED) is 0.897. The van der Waals surface area contributed by atoms with Crippen LogP contribution in [0.15, 0.2) is 22.7 Å². The van der Waals surface area contributed by atoms with Gasteiger partial charge in [-0.25, -0.2) is 0 Å². The van der Waals surface area contributed by atoms with Crippen molar-refractivity contribution in [2.24, 2.45) is 5.92 Å². The molecule has 1 aliphatic carbocycles. The number of carbonyl (C=O) groups excluding carboxylic acids is 1. The van der Waals surface area contributed by atoms with E-state index in [9.17, 15) is 9.59 Å². The summed E-state index contributed by atoms with van der Waals surface area (Å²) in [6.07, 6.45) is 1.88. The fourth-order valence-corrected chi connectivity index (χ4v) is 2.87. The summed E-state index contributed by atoms with van der Waals surface area (Å²) in [4.78, 5) is 23.0. The zero-order chi connectivity index (χ0) is 14.0. The first-order chi connectivity index (χ1) is 8.99. The highest BCUT2D eigenvalue weighted by Gasteiger charge is 2.30. The van der Waals surface area contributed by atoms with Crippen molar-refractivity contribution in [3.63, 3.8) is 0 Å². The van der Waals surface area contributed by atoms with Gasteiger partial charge >= 0.3 is 5.97 Å². The van der Waals surface area contributed by atoms with Crippen molar-refractivity contribution in [2.75, 3.05) is 0 Å². The van der Waals surface area contributed by atoms with Crippen molar-refractivity contribution in [1.29, 1.82) is 0 Å². The SMILES string of the molecule is Cc1cccc(C(=O)NC2CCC(C(=O)O)C2)c1Br. The van der Waals surface area contributed by atoms with Crippen LogP contribution in [0.25, 0.3) is 0 Å². The van der Waals surface area contributed by atoms with Crippen LogP contribution >= 0.6 is 15.9 Å².